The summed E-state index contributed by atoms with van der Waals surface area (Å²) in [5, 5.41) is 0. The van der Waals surface area contributed by atoms with E-state index in [2.05, 4.69) is 0 Å². The zero-order chi connectivity index (χ0) is 7.61. The molecule has 54 valence electrons. The maximum absolute atomic E-state index is 5.78. The molecule has 10 heavy (non-hydrogen) atoms. The second-order valence-corrected chi connectivity index (χ2v) is 2.73. The molecule has 0 aromatic heterocycles. The van der Waals surface area contributed by atoms with E-state index in [0.29, 0.717) is 0 Å². The van der Waals surface area contributed by atoms with Gasteiger partial charge in [-0.25, -0.2) is 0 Å². The Hall–Kier alpha value is -1.02. The summed E-state index contributed by atoms with van der Waals surface area (Å²) in [6.45, 7) is 1.92. The van der Waals surface area contributed by atoms with Crippen LogP contribution in [0.2, 0.25) is 0 Å². The highest BCUT2D eigenvalue weighted by molar-refractivity contribution is 5.31. The molecule has 0 saturated heterocycles. The fourth-order valence-electron chi connectivity index (χ4n) is 0.753. The molecule has 0 amide bonds. The van der Waals surface area contributed by atoms with Crippen LogP contribution in [-0.2, 0) is 0 Å². The molecule has 0 aromatic carbocycles. The van der Waals surface area contributed by atoms with Crippen molar-refractivity contribution in [1.82, 2.24) is 0 Å². The van der Waals surface area contributed by atoms with Gasteiger partial charge >= 0.3 is 0 Å². The van der Waals surface area contributed by atoms with Crippen molar-refractivity contribution in [3.63, 3.8) is 0 Å². The zero-order valence-corrected chi connectivity index (χ0v) is 6.04. The van der Waals surface area contributed by atoms with Crippen LogP contribution in [0.1, 0.15) is 6.92 Å². The highest BCUT2D eigenvalue weighted by Gasteiger charge is 2.09. The summed E-state index contributed by atoms with van der Waals surface area (Å²) in [4.78, 5) is 0. The molecule has 1 aliphatic carbocycles. The van der Waals surface area contributed by atoms with Crippen LogP contribution in [0, 0.1) is 0 Å². The summed E-state index contributed by atoms with van der Waals surface area (Å²) in [6, 6.07) is 0. The van der Waals surface area contributed by atoms with Crippen molar-refractivity contribution in [2.24, 2.45) is 11.5 Å². The van der Waals surface area contributed by atoms with Gasteiger partial charge < -0.3 is 11.5 Å². The Morgan fingerprint density at radius 3 is 2.80 bits per heavy atom. The first kappa shape index (κ1) is 7.09. The lowest BCUT2D eigenvalue weighted by Crippen LogP contribution is -2.30. The van der Waals surface area contributed by atoms with Crippen LogP contribution in [0.25, 0.3) is 0 Å². The highest BCUT2D eigenvalue weighted by atomic mass is 14.7. The summed E-state index contributed by atoms with van der Waals surface area (Å²) >= 11 is 0. The minimum absolute atomic E-state index is 0.350. The van der Waals surface area contributed by atoms with Crippen molar-refractivity contribution in [2.45, 2.75) is 12.5 Å². The summed E-state index contributed by atoms with van der Waals surface area (Å²) < 4.78 is 0. The quantitative estimate of drug-likeness (QED) is 0.514. The van der Waals surface area contributed by atoms with Gasteiger partial charge in [-0.3, -0.25) is 0 Å². The van der Waals surface area contributed by atoms with Crippen molar-refractivity contribution in [2.75, 3.05) is 0 Å². The standard InChI is InChI=1S/C8H12N2/c1-8(10)5-2-3-7(9)4-6-8/h2-6H,9-10H2,1H3. The van der Waals surface area contributed by atoms with Crippen molar-refractivity contribution in [3.05, 3.63) is 36.1 Å². The zero-order valence-electron chi connectivity index (χ0n) is 6.04. The molecule has 0 fully saturated rings. The monoisotopic (exact) mass is 136 g/mol. The van der Waals surface area contributed by atoms with Crippen LogP contribution in [0.3, 0.4) is 0 Å². The van der Waals surface area contributed by atoms with Gasteiger partial charge in [0, 0.05) is 5.70 Å². The molecular formula is C8H12N2. The first-order chi connectivity index (χ1) is 4.60. The van der Waals surface area contributed by atoms with Gasteiger partial charge in [0.25, 0.3) is 0 Å². The SMILES string of the molecule is CC1(N)C=CC=C(N)C=C1. The fraction of sp³-hybridized carbons (Fsp3) is 0.250. The molecule has 0 radical (unpaired) electrons. The lowest BCUT2D eigenvalue weighted by molar-refractivity contribution is 0.736. The van der Waals surface area contributed by atoms with Gasteiger partial charge in [0.2, 0.25) is 0 Å². The van der Waals surface area contributed by atoms with E-state index < -0.39 is 0 Å². The number of nitrogens with two attached hydrogens (primary N) is 2. The summed E-state index contributed by atoms with van der Waals surface area (Å²) in [5.41, 5.74) is 11.7. The Labute approximate surface area is 60.9 Å². The lowest BCUT2D eigenvalue weighted by Gasteiger charge is -2.12. The molecule has 0 heterocycles. The molecule has 0 bridgehead atoms. The molecule has 0 aliphatic heterocycles. The number of allylic oxidation sites excluding steroid dienone is 3. The van der Waals surface area contributed by atoms with E-state index in [1.165, 1.54) is 0 Å². The van der Waals surface area contributed by atoms with Crippen LogP contribution in [0.15, 0.2) is 36.1 Å². The molecule has 2 heteroatoms. The Bertz CT molecular complexity index is 209. The highest BCUT2D eigenvalue weighted by Crippen LogP contribution is 2.08. The van der Waals surface area contributed by atoms with E-state index in [1.54, 1.807) is 0 Å². The predicted molar refractivity (Wildman–Crippen MR) is 43.1 cm³/mol. The maximum Gasteiger partial charge on any atom is 0.0503 e. The van der Waals surface area contributed by atoms with E-state index in [0.717, 1.165) is 5.70 Å². The third-order valence-corrected chi connectivity index (χ3v) is 1.38. The van der Waals surface area contributed by atoms with E-state index >= 15 is 0 Å². The molecular weight excluding hydrogens is 124 g/mol. The topological polar surface area (TPSA) is 52.0 Å². The van der Waals surface area contributed by atoms with Gasteiger partial charge in [0.15, 0.2) is 0 Å². The van der Waals surface area contributed by atoms with E-state index in [4.69, 9.17) is 11.5 Å². The molecule has 2 nitrogen and oxygen atoms in total. The summed E-state index contributed by atoms with van der Waals surface area (Å²) in [5.74, 6) is 0. The van der Waals surface area contributed by atoms with Crippen molar-refractivity contribution < 1.29 is 0 Å². The van der Waals surface area contributed by atoms with Crippen LogP contribution in [0.4, 0.5) is 0 Å². The summed E-state index contributed by atoms with van der Waals surface area (Å²) in [7, 11) is 0. The largest absolute Gasteiger partial charge is 0.399 e. The van der Waals surface area contributed by atoms with E-state index in [9.17, 15) is 0 Å². The first-order valence-corrected chi connectivity index (χ1v) is 3.23. The average molecular weight is 136 g/mol. The number of hydrogen-bond donors (Lipinski definition) is 2. The van der Waals surface area contributed by atoms with Crippen LogP contribution >= 0.6 is 0 Å². The minimum Gasteiger partial charge on any atom is -0.399 e. The Balaban J connectivity index is 2.88. The Kier molecular flexibility index (Phi) is 1.64. The molecule has 0 saturated carbocycles. The van der Waals surface area contributed by atoms with Gasteiger partial charge in [0.05, 0.1) is 5.54 Å². The minimum atomic E-state index is -0.350. The van der Waals surface area contributed by atoms with Gasteiger partial charge in [0.1, 0.15) is 0 Å². The van der Waals surface area contributed by atoms with E-state index in [1.807, 2.05) is 37.3 Å². The normalized spacial score (nSPS) is 31.6. The smallest absolute Gasteiger partial charge is 0.0503 e. The average Bonchev–Trinajstić information content (AvgIpc) is 1.94. The lowest BCUT2D eigenvalue weighted by atomic mass is 10.0. The van der Waals surface area contributed by atoms with Crippen LogP contribution in [-0.4, -0.2) is 5.54 Å². The van der Waals surface area contributed by atoms with Crippen LogP contribution in [0.5, 0.6) is 0 Å². The van der Waals surface area contributed by atoms with Gasteiger partial charge in [-0.1, -0.05) is 18.2 Å². The van der Waals surface area contributed by atoms with Gasteiger partial charge in [-0.05, 0) is 19.1 Å². The third kappa shape index (κ3) is 1.74. The van der Waals surface area contributed by atoms with Crippen molar-refractivity contribution in [3.8, 4) is 0 Å². The molecule has 1 aliphatic rings. The number of rotatable bonds is 0. The van der Waals surface area contributed by atoms with Gasteiger partial charge in [-0.15, -0.1) is 0 Å². The maximum atomic E-state index is 5.78. The molecule has 0 spiro atoms. The summed E-state index contributed by atoms with van der Waals surface area (Å²) in [6.07, 6.45) is 9.30. The Morgan fingerprint density at radius 2 is 2.10 bits per heavy atom. The second kappa shape index (κ2) is 2.31. The van der Waals surface area contributed by atoms with Crippen molar-refractivity contribution >= 4 is 0 Å². The van der Waals surface area contributed by atoms with Crippen molar-refractivity contribution in [1.29, 1.82) is 0 Å². The molecule has 1 atom stereocenters. The molecule has 0 aromatic rings. The first-order valence-electron chi connectivity index (χ1n) is 3.23. The second-order valence-electron chi connectivity index (χ2n) is 2.73. The van der Waals surface area contributed by atoms with Gasteiger partial charge in [-0.2, -0.15) is 0 Å². The van der Waals surface area contributed by atoms with Crippen LogP contribution < -0.4 is 11.5 Å². The number of hydrogen-bond acceptors (Lipinski definition) is 2. The third-order valence-electron chi connectivity index (χ3n) is 1.38. The molecule has 4 N–H and O–H groups in total. The predicted octanol–water partition coefficient (Wildman–Crippen LogP) is 0.672. The van der Waals surface area contributed by atoms with E-state index in [-0.39, 0.29) is 5.54 Å². The fourth-order valence-corrected chi connectivity index (χ4v) is 0.753. The molecule has 1 rings (SSSR count). The Morgan fingerprint density at radius 1 is 1.40 bits per heavy atom. The molecule has 1 unspecified atom stereocenters.